The van der Waals surface area contributed by atoms with Crippen LogP contribution in [0.1, 0.15) is 53.4 Å². The predicted molar refractivity (Wildman–Crippen MR) is 57.3 cm³/mol. The van der Waals surface area contributed by atoms with Gasteiger partial charge in [0.1, 0.15) is 0 Å². The molecule has 0 radical (unpaired) electrons. The van der Waals surface area contributed by atoms with Gasteiger partial charge in [0.25, 0.3) is 0 Å². The lowest BCUT2D eigenvalue weighted by Gasteiger charge is -2.39. The molecule has 0 aliphatic carbocycles. The number of hydrogen-bond donors (Lipinski definition) is 0. The molecule has 1 aliphatic heterocycles. The van der Waals surface area contributed by atoms with Gasteiger partial charge < -0.3 is 8.85 Å². The van der Waals surface area contributed by atoms with E-state index in [0.29, 0.717) is 0 Å². The molecule has 1 aliphatic rings. The molecule has 0 saturated carbocycles. The second kappa shape index (κ2) is 4.11. The Balaban J connectivity index is 2.75. The lowest BCUT2D eigenvalue weighted by molar-refractivity contribution is -0.0376. The highest BCUT2D eigenvalue weighted by molar-refractivity contribution is 6.19. The third-order valence-corrected chi connectivity index (χ3v) is 4.67. The normalized spacial score (nSPS) is 26.8. The van der Waals surface area contributed by atoms with Gasteiger partial charge in [0.05, 0.1) is 11.2 Å². The first kappa shape index (κ1) is 11.2. The summed E-state index contributed by atoms with van der Waals surface area (Å²) in [5.41, 5.74) is -0.0199. The largest absolute Gasteiger partial charge is 0.391 e. The second-order valence-corrected chi connectivity index (χ2v) is 5.22. The monoisotopic (exact) mass is 202 g/mol. The Labute approximate surface area is 84.1 Å². The minimum Gasteiger partial charge on any atom is -0.391 e. The predicted octanol–water partition coefficient (Wildman–Crippen LogP) is 2.15. The van der Waals surface area contributed by atoms with Gasteiger partial charge in [0.15, 0.2) is 0 Å². The summed E-state index contributed by atoms with van der Waals surface area (Å²) in [6, 6.07) is 0. The van der Waals surface area contributed by atoms with Gasteiger partial charge in [-0.25, -0.2) is 0 Å². The van der Waals surface area contributed by atoms with Crippen LogP contribution in [0, 0.1) is 0 Å². The van der Waals surface area contributed by atoms with E-state index < -0.39 is 10.0 Å². The molecule has 0 unspecified atom stereocenters. The molecule has 0 N–H and O–H groups in total. The van der Waals surface area contributed by atoms with Crippen molar-refractivity contribution in [2.45, 2.75) is 64.6 Å². The summed E-state index contributed by atoms with van der Waals surface area (Å²) in [5.74, 6) is 0. The Morgan fingerprint density at radius 1 is 1.00 bits per heavy atom. The van der Waals surface area contributed by atoms with Crippen molar-refractivity contribution in [2.24, 2.45) is 0 Å². The molecule has 1 saturated heterocycles. The molecule has 0 spiro atoms. The Hall–Kier alpha value is 0.137. The number of rotatable bonds is 4. The van der Waals surface area contributed by atoms with Crippen molar-refractivity contribution in [3.05, 3.63) is 0 Å². The Kier molecular flexibility index (Phi) is 3.55. The first-order valence-electron chi connectivity index (χ1n) is 5.36. The molecular formula is C10H22O2Si. The van der Waals surface area contributed by atoms with Crippen molar-refractivity contribution >= 4 is 10.0 Å². The van der Waals surface area contributed by atoms with Crippen LogP contribution in [0.3, 0.4) is 0 Å². The highest BCUT2D eigenvalue weighted by Gasteiger charge is 2.49. The average molecular weight is 202 g/mol. The van der Waals surface area contributed by atoms with E-state index in [1.54, 1.807) is 0 Å². The zero-order valence-corrected chi connectivity index (χ0v) is 10.8. The molecule has 3 heteroatoms. The van der Waals surface area contributed by atoms with E-state index in [0.717, 1.165) is 12.8 Å². The maximum atomic E-state index is 5.95. The standard InChI is InChI=1S/C10H22O2Si/c1-5-7-10(8-6-2)9(3,4)11-13-12-10/h5-8,13H2,1-4H3. The summed E-state index contributed by atoms with van der Waals surface area (Å²) in [5, 5.41) is 0. The maximum Gasteiger partial charge on any atom is 0.305 e. The van der Waals surface area contributed by atoms with E-state index >= 15 is 0 Å². The average Bonchev–Trinajstić information content (AvgIpc) is 2.29. The quantitative estimate of drug-likeness (QED) is 0.650. The molecule has 13 heavy (non-hydrogen) atoms. The molecule has 78 valence electrons. The summed E-state index contributed by atoms with van der Waals surface area (Å²) in [6.45, 7) is 8.80. The summed E-state index contributed by atoms with van der Waals surface area (Å²) >= 11 is 0. The first-order valence-corrected chi connectivity index (χ1v) is 6.51. The summed E-state index contributed by atoms with van der Waals surface area (Å²) < 4.78 is 11.7. The Morgan fingerprint density at radius 2 is 1.54 bits per heavy atom. The second-order valence-electron chi connectivity index (χ2n) is 4.41. The SMILES string of the molecule is CCCC1(CCC)O[SiH2]OC1(C)C. The topological polar surface area (TPSA) is 18.5 Å². The van der Waals surface area contributed by atoms with Crippen LogP contribution in [0.5, 0.6) is 0 Å². The van der Waals surface area contributed by atoms with Crippen molar-refractivity contribution in [1.82, 2.24) is 0 Å². The van der Waals surface area contributed by atoms with Gasteiger partial charge in [0.2, 0.25) is 0 Å². The van der Waals surface area contributed by atoms with E-state index in [1.807, 2.05) is 0 Å². The smallest absolute Gasteiger partial charge is 0.305 e. The molecule has 0 aromatic carbocycles. The van der Waals surface area contributed by atoms with E-state index in [1.165, 1.54) is 12.8 Å². The van der Waals surface area contributed by atoms with Gasteiger partial charge in [0, 0.05) is 0 Å². The van der Waals surface area contributed by atoms with Crippen LogP contribution in [0.4, 0.5) is 0 Å². The van der Waals surface area contributed by atoms with Crippen LogP contribution in [-0.2, 0) is 8.85 Å². The molecule has 0 aromatic heterocycles. The van der Waals surface area contributed by atoms with Crippen LogP contribution in [0.2, 0.25) is 0 Å². The number of hydrogen-bond acceptors (Lipinski definition) is 2. The molecular weight excluding hydrogens is 180 g/mol. The van der Waals surface area contributed by atoms with E-state index in [2.05, 4.69) is 27.7 Å². The maximum absolute atomic E-state index is 5.95. The van der Waals surface area contributed by atoms with Crippen molar-refractivity contribution in [3.8, 4) is 0 Å². The molecule has 0 amide bonds. The highest BCUT2D eigenvalue weighted by atomic mass is 28.3. The highest BCUT2D eigenvalue weighted by Crippen LogP contribution is 2.41. The van der Waals surface area contributed by atoms with Gasteiger partial charge in [-0.05, 0) is 26.7 Å². The first-order chi connectivity index (χ1) is 6.08. The molecule has 0 bridgehead atoms. The van der Waals surface area contributed by atoms with Crippen LogP contribution in [0.25, 0.3) is 0 Å². The van der Waals surface area contributed by atoms with Crippen LogP contribution >= 0.6 is 0 Å². The van der Waals surface area contributed by atoms with Gasteiger partial charge in [-0.1, -0.05) is 26.7 Å². The van der Waals surface area contributed by atoms with E-state index in [9.17, 15) is 0 Å². The molecule has 0 atom stereocenters. The van der Waals surface area contributed by atoms with Gasteiger partial charge >= 0.3 is 10.0 Å². The molecule has 1 fully saturated rings. The summed E-state index contributed by atoms with van der Waals surface area (Å²) in [6.07, 6.45) is 4.64. The fourth-order valence-corrected chi connectivity index (χ4v) is 3.75. The molecule has 0 aromatic rings. The zero-order chi connectivity index (χ0) is 9.95. The summed E-state index contributed by atoms with van der Waals surface area (Å²) in [7, 11) is -0.706. The zero-order valence-electron chi connectivity index (χ0n) is 9.35. The molecule has 2 nitrogen and oxygen atoms in total. The fraction of sp³-hybridized carbons (Fsp3) is 1.00. The van der Waals surface area contributed by atoms with E-state index in [4.69, 9.17) is 8.85 Å². The lowest BCUT2D eigenvalue weighted by atomic mass is 9.79. The van der Waals surface area contributed by atoms with E-state index in [-0.39, 0.29) is 11.2 Å². The fourth-order valence-electron chi connectivity index (χ4n) is 2.27. The van der Waals surface area contributed by atoms with Crippen molar-refractivity contribution in [3.63, 3.8) is 0 Å². The van der Waals surface area contributed by atoms with Crippen LogP contribution in [-0.4, -0.2) is 21.2 Å². The minimum absolute atomic E-state index is 0.0305. The van der Waals surface area contributed by atoms with Crippen molar-refractivity contribution < 1.29 is 8.85 Å². The summed E-state index contributed by atoms with van der Waals surface area (Å²) in [4.78, 5) is 0. The van der Waals surface area contributed by atoms with Crippen LogP contribution < -0.4 is 0 Å². The van der Waals surface area contributed by atoms with Crippen molar-refractivity contribution in [2.75, 3.05) is 0 Å². The third kappa shape index (κ3) is 1.97. The third-order valence-electron chi connectivity index (χ3n) is 3.16. The Morgan fingerprint density at radius 3 is 1.85 bits per heavy atom. The van der Waals surface area contributed by atoms with Gasteiger partial charge in [-0.2, -0.15) is 0 Å². The van der Waals surface area contributed by atoms with Gasteiger partial charge in [-0.3, -0.25) is 0 Å². The molecule has 1 rings (SSSR count). The Bertz CT molecular complexity index is 162. The van der Waals surface area contributed by atoms with Crippen LogP contribution in [0.15, 0.2) is 0 Å². The molecule has 1 heterocycles. The lowest BCUT2D eigenvalue weighted by Crippen LogP contribution is -2.47. The van der Waals surface area contributed by atoms with Crippen molar-refractivity contribution in [1.29, 1.82) is 0 Å². The van der Waals surface area contributed by atoms with Gasteiger partial charge in [-0.15, -0.1) is 0 Å². The minimum atomic E-state index is -0.706.